The van der Waals surface area contributed by atoms with Crippen molar-refractivity contribution in [3.63, 3.8) is 0 Å². The van der Waals surface area contributed by atoms with Crippen LogP contribution < -0.4 is 10.2 Å². The molecule has 0 saturated carbocycles. The molecule has 3 aliphatic rings. The highest BCUT2D eigenvalue weighted by Crippen LogP contribution is 2.54. The van der Waals surface area contributed by atoms with Gasteiger partial charge in [-0.1, -0.05) is 42.5 Å². The zero-order valence-corrected chi connectivity index (χ0v) is 19.5. The molecule has 9 heteroatoms. The number of phenolic OH excluding ortho intramolecular Hbond substituents is 2. The number of carbonyl (C=O) groups excluding carboxylic acids is 3. The molecule has 1 heterocycles. The minimum absolute atomic E-state index is 0.0242. The molecule has 0 radical (unpaired) electrons. The van der Waals surface area contributed by atoms with E-state index in [9.17, 15) is 24.6 Å². The van der Waals surface area contributed by atoms with Crippen molar-refractivity contribution in [2.45, 2.75) is 31.5 Å². The van der Waals surface area contributed by atoms with E-state index in [4.69, 9.17) is 14.0 Å². The van der Waals surface area contributed by atoms with Gasteiger partial charge in [-0.15, -0.1) is 0 Å². The lowest BCUT2D eigenvalue weighted by molar-refractivity contribution is -0.144. The Labute approximate surface area is 206 Å². The lowest BCUT2D eigenvalue weighted by Crippen LogP contribution is -2.58. The highest BCUT2D eigenvalue weighted by molar-refractivity contribution is 6.61. The summed E-state index contributed by atoms with van der Waals surface area (Å²) in [7, 11) is 0.478. The van der Waals surface area contributed by atoms with Gasteiger partial charge in [0, 0.05) is 29.5 Å². The second-order valence-electron chi connectivity index (χ2n) is 9.30. The summed E-state index contributed by atoms with van der Waals surface area (Å²) < 4.78 is 17.7. The molecule has 1 aliphatic heterocycles. The summed E-state index contributed by atoms with van der Waals surface area (Å²) in [6, 6.07) is 13.7. The number of aromatic hydroxyl groups is 2. The lowest BCUT2D eigenvalue weighted by atomic mass is 9.66. The van der Waals surface area contributed by atoms with Crippen molar-refractivity contribution in [2.75, 3.05) is 7.11 Å². The first-order valence-corrected chi connectivity index (χ1v) is 11.5. The van der Waals surface area contributed by atoms with Crippen LogP contribution in [0.15, 0.2) is 48.5 Å². The van der Waals surface area contributed by atoms with Crippen LogP contribution in [0, 0.1) is 0 Å². The van der Waals surface area contributed by atoms with E-state index in [0.717, 1.165) is 0 Å². The highest BCUT2D eigenvalue weighted by atomic mass is 16.6. The number of methoxy groups -OCH3 is 1. The van der Waals surface area contributed by atoms with E-state index in [1.807, 2.05) is 18.2 Å². The molecule has 0 spiro atoms. The van der Waals surface area contributed by atoms with Crippen molar-refractivity contribution in [1.82, 2.24) is 0 Å². The number of hydrogen-bond donors (Lipinski definition) is 2. The van der Waals surface area contributed by atoms with Gasteiger partial charge in [0.15, 0.2) is 11.6 Å². The maximum absolute atomic E-state index is 13.6. The van der Waals surface area contributed by atoms with Gasteiger partial charge in [0.05, 0.1) is 29.9 Å². The Morgan fingerprint density at radius 3 is 2.42 bits per heavy atom. The number of fused-ring (bicyclic) bond motifs is 6. The minimum atomic E-state index is -1.34. The van der Waals surface area contributed by atoms with E-state index in [0.29, 0.717) is 5.46 Å². The van der Waals surface area contributed by atoms with Gasteiger partial charge in [0.2, 0.25) is 5.78 Å². The van der Waals surface area contributed by atoms with Crippen LogP contribution in [0.2, 0.25) is 0 Å². The quantitative estimate of drug-likeness (QED) is 0.337. The molecule has 0 aromatic heterocycles. The summed E-state index contributed by atoms with van der Waals surface area (Å²) in [6.45, 7) is 1.40. The molecular formula is C27H21BO8. The van der Waals surface area contributed by atoms with Gasteiger partial charge in [-0.2, -0.15) is 0 Å². The summed E-state index contributed by atoms with van der Waals surface area (Å²) in [5.74, 6) is -2.23. The first-order valence-electron chi connectivity index (χ1n) is 11.5. The van der Waals surface area contributed by atoms with Gasteiger partial charge in [-0.05, 0) is 18.5 Å². The molecule has 6 rings (SSSR count). The van der Waals surface area contributed by atoms with E-state index in [2.05, 4.69) is 0 Å². The van der Waals surface area contributed by atoms with Gasteiger partial charge in [0.25, 0.3) is 0 Å². The van der Waals surface area contributed by atoms with Crippen molar-refractivity contribution in [3.05, 3.63) is 81.9 Å². The van der Waals surface area contributed by atoms with Gasteiger partial charge in [0.1, 0.15) is 22.8 Å². The average molecular weight is 484 g/mol. The summed E-state index contributed by atoms with van der Waals surface area (Å²) in [6.07, 6.45) is -0.860. The summed E-state index contributed by atoms with van der Waals surface area (Å²) >= 11 is 0. The first kappa shape index (κ1) is 22.5. The van der Waals surface area contributed by atoms with Crippen LogP contribution in [0.4, 0.5) is 0 Å². The number of ketones is 3. The molecular weight excluding hydrogens is 463 g/mol. The van der Waals surface area contributed by atoms with Crippen LogP contribution in [-0.4, -0.2) is 47.4 Å². The second kappa shape index (κ2) is 7.78. The number of ether oxygens (including phenoxy) is 1. The third-order valence-corrected chi connectivity index (χ3v) is 7.39. The van der Waals surface area contributed by atoms with Crippen LogP contribution >= 0.6 is 0 Å². The standard InChI is InChI=1S/C27H21BO8/c1-13(29)27-11-16-20(18(12-27)35-28(36-27)14-7-4-3-5-8-14)26(33)22-21(24(16)31)23(30)15-9-6-10-17(34-2)19(15)25(22)32/h3-10,18,31,33H,11-12H2,1-2H3/t18-,27-/m0/s1. The van der Waals surface area contributed by atoms with E-state index in [1.54, 1.807) is 24.3 Å². The second-order valence-corrected chi connectivity index (χ2v) is 9.30. The molecule has 180 valence electrons. The van der Waals surface area contributed by atoms with Crippen LogP contribution in [0.3, 0.4) is 0 Å². The Balaban J connectivity index is 1.57. The summed E-state index contributed by atoms with van der Waals surface area (Å²) in [5, 5.41) is 22.8. The van der Waals surface area contributed by atoms with Crippen molar-refractivity contribution in [2.24, 2.45) is 0 Å². The summed E-state index contributed by atoms with van der Waals surface area (Å²) in [5.41, 5.74) is -0.805. The molecule has 36 heavy (non-hydrogen) atoms. The van der Waals surface area contributed by atoms with Gasteiger partial charge >= 0.3 is 7.12 Å². The molecule has 8 nitrogen and oxygen atoms in total. The monoisotopic (exact) mass is 484 g/mol. The molecule has 3 aromatic rings. The Bertz CT molecular complexity index is 1480. The van der Waals surface area contributed by atoms with Gasteiger partial charge < -0.3 is 24.3 Å². The maximum atomic E-state index is 13.6. The Kier molecular flexibility index (Phi) is 4.86. The Morgan fingerprint density at radius 2 is 1.72 bits per heavy atom. The van der Waals surface area contributed by atoms with Crippen molar-refractivity contribution in [1.29, 1.82) is 0 Å². The largest absolute Gasteiger partial charge is 0.507 e. The number of carbonyl (C=O) groups is 3. The SMILES string of the molecule is COc1cccc2c1C(=O)c1c(O)c3c(c(O)c1C2=O)C[C@@]1(C(C)=O)C[C@@H]3OB(c2ccccc2)O1. The third kappa shape index (κ3) is 2.93. The molecule has 1 saturated heterocycles. The first-order chi connectivity index (χ1) is 17.3. The number of hydrogen-bond acceptors (Lipinski definition) is 8. The topological polar surface area (TPSA) is 119 Å². The average Bonchev–Trinajstić information content (AvgIpc) is 2.88. The third-order valence-electron chi connectivity index (χ3n) is 7.39. The zero-order chi connectivity index (χ0) is 25.4. The fourth-order valence-corrected chi connectivity index (χ4v) is 5.60. The van der Waals surface area contributed by atoms with E-state index >= 15 is 0 Å². The van der Waals surface area contributed by atoms with Crippen molar-refractivity contribution < 1.29 is 38.6 Å². The van der Waals surface area contributed by atoms with Gasteiger partial charge in [-0.3, -0.25) is 14.4 Å². The Hall–Kier alpha value is -3.95. The number of benzene rings is 3. The summed E-state index contributed by atoms with van der Waals surface area (Å²) in [4.78, 5) is 40.0. The molecule has 2 aliphatic carbocycles. The van der Waals surface area contributed by atoms with Crippen LogP contribution in [-0.2, 0) is 20.5 Å². The van der Waals surface area contributed by atoms with Crippen molar-refractivity contribution in [3.8, 4) is 17.2 Å². The minimum Gasteiger partial charge on any atom is -0.507 e. The lowest BCUT2D eigenvalue weighted by Gasteiger charge is -2.47. The highest BCUT2D eigenvalue weighted by Gasteiger charge is 2.55. The number of rotatable bonds is 3. The molecule has 1 fully saturated rings. The van der Waals surface area contributed by atoms with E-state index in [1.165, 1.54) is 20.1 Å². The predicted molar refractivity (Wildman–Crippen MR) is 128 cm³/mol. The molecule has 0 unspecified atom stereocenters. The fraction of sp³-hybridized carbons (Fsp3) is 0.222. The fourth-order valence-electron chi connectivity index (χ4n) is 5.60. The smallest absolute Gasteiger partial charge is 0.495 e. The Morgan fingerprint density at radius 1 is 1.00 bits per heavy atom. The number of Topliss-reactive ketones (excluding diaryl/α,β-unsaturated/α-hetero) is 1. The molecule has 2 atom stereocenters. The molecule has 2 bridgehead atoms. The van der Waals surface area contributed by atoms with Crippen LogP contribution in [0.5, 0.6) is 17.2 Å². The van der Waals surface area contributed by atoms with Crippen molar-refractivity contribution >= 4 is 29.9 Å². The van der Waals surface area contributed by atoms with Gasteiger partial charge in [-0.25, -0.2) is 0 Å². The zero-order valence-electron chi connectivity index (χ0n) is 19.5. The van der Waals surface area contributed by atoms with E-state index < -0.39 is 41.9 Å². The number of phenols is 2. The molecule has 3 aromatic carbocycles. The van der Waals surface area contributed by atoms with Crippen LogP contribution in [0.1, 0.15) is 62.4 Å². The molecule has 0 amide bonds. The normalized spacial score (nSPS) is 21.9. The maximum Gasteiger partial charge on any atom is 0.495 e. The van der Waals surface area contributed by atoms with E-state index in [-0.39, 0.29) is 57.8 Å². The predicted octanol–water partition coefficient (Wildman–Crippen LogP) is 2.64. The molecule has 2 N–H and O–H groups in total. The van der Waals surface area contributed by atoms with Crippen LogP contribution in [0.25, 0.3) is 0 Å².